The first-order valence-electron chi connectivity index (χ1n) is 8.01. The van der Waals surface area contributed by atoms with Gasteiger partial charge in [-0.15, -0.1) is 0 Å². The molecule has 0 aromatic heterocycles. The van der Waals surface area contributed by atoms with Gasteiger partial charge in [-0.25, -0.2) is 0 Å². The van der Waals surface area contributed by atoms with Crippen LogP contribution in [0.4, 0.5) is 0 Å². The largest absolute Gasteiger partial charge is 0.339 e. The lowest BCUT2D eigenvalue weighted by atomic mass is 10.2. The first kappa shape index (κ1) is 15.7. The van der Waals surface area contributed by atoms with Crippen molar-refractivity contribution in [3.8, 4) is 0 Å². The van der Waals surface area contributed by atoms with Crippen LogP contribution in [0, 0.1) is 0 Å². The first-order chi connectivity index (χ1) is 9.49. The van der Waals surface area contributed by atoms with E-state index < -0.39 is 0 Å². The van der Waals surface area contributed by atoms with Crippen molar-refractivity contribution in [3.63, 3.8) is 0 Å². The minimum Gasteiger partial charge on any atom is -0.339 e. The number of rotatable bonds is 4. The van der Waals surface area contributed by atoms with Crippen molar-refractivity contribution < 1.29 is 4.79 Å². The van der Waals surface area contributed by atoms with Gasteiger partial charge in [-0.3, -0.25) is 14.6 Å². The van der Waals surface area contributed by atoms with Gasteiger partial charge >= 0.3 is 0 Å². The Morgan fingerprint density at radius 3 is 2.15 bits per heavy atom. The number of carbonyl (C=O) groups excluding carboxylic acids is 1. The van der Waals surface area contributed by atoms with Gasteiger partial charge in [-0.1, -0.05) is 0 Å². The summed E-state index contributed by atoms with van der Waals surface area (Å²) in [5.74, 6) is 0.0893. The van der Waals surface area contributed by atoms with Crippen LogP contribution in [-0.2, 0) is 4.79 Å². The zero-order chi connectivity index (χ0) is 14.7. The van der Waals surface area contributed by atoms with Crippen molar-refractivity contribution in [1.82, 2.24) is 14.7 Å². The first-order valence-corrected chi connectivity index (χ1v) is 8.01. The van der Waals surface area contributed by atoms with Crippen LogP contribution in [0.25, 0.3) is 0 Å². The summed E-state index contributed by atoms with van der Waals surface area (Å²) in [6, 6.07) is 1.09. The number of nitrogens with zero attached hydrogens (tertiary/aromatic N) is 3. The lowest BCUT2D eigenvalue weighted by Crippen LogP contribution is -2.53. The standard InChI is InChI=1S/C15H30N4O/c1-12-4-5-13(2)19(12)11-8-17-6-9-18(10-7-17)15(20)14(3)16/h12-14H,4-11,16H2,1-3H3. The third-order valence-electron chi connectivity index (χ3n) is 4.88. The number of hydrogen-bond donors (Lipinski definition) is 1. The van der Waals surface area contributed by atoms with E-state index in [4.69, 9.17) is 5.73 Å². The van der Waals surface area contributed by atoms with Crippen molar-refractivity contribution in [1.29, 1.82) is 0 Å². The van der Waals surface area contributed by atoms with Crippen LogP contribution in [0.5, 0.6) is 0 Å². The number of amides is 1. The molecule has 5 heteroatoms. The van der Waals surface area contributed by atoms with Gasteiger partial charge in [0.2, 0.25) is 5.91 Å². The molecule has 5 nitrogen and oxygen atoms in total. The topological polar surface area (TPSA) is 52.8 Å². The molecule has 0 aromatic rings. The molecule has 2 rings (SSSR count). The zero-order valence-electron chi connectivity index (χ0n) is 13.2. The van der Waals surface area contributed by atoms with Crippen molar-refractivity contribution in [3.05, 3.63) is 0 Å². The zero-order valence-corrected chi connectivity index (χ0v) is 13.2. The third-order valence-corrected chi connectivity index (χ3v) is 4.88. The molecule has 0 spiro atoms. The SMILES string of the molecule is CC(N)C(=O)N1CCN(CCN2C(C)CCC2C)CC1. The van der Waals surface area contributed by atoms with E-state index in [0.717, 1.165) is 51.4 Å². The summed E-state index contributed by atoms with van der Waals surface area (Å²) in [5, 5.41) is 0. The minimum atomic E-state index is -0.368. The van der Waals surface area contributed by atoms with E-state index in [1.165, 1.54) is 12.8 Å². The Kier molecular flexibility index (Phi) is 5.41. The van der Waals surface area contributed by atoms with E-state index in [0.29, 0.717) is 0 Å². The number of carbonyl (C=O) groups is 1. The predicted molar refractivity (Wildman–Crippen MR) is 81.5 cm³/mol. The molecule has 0 saturated carbocycles. The van der Waals surface area contributed by atoms with Gasteiger partial charge in [0.05, 0.1) is 6.04 Å². The maximum absolute atomic E-state index is 11.8. The molecule has 0 aliphatic carbocycles. The quantitative estimate of drug-likeness (QED) is 0.808. The molecule has 0 radical (unpaired) electrons. The molecule has 20 heavy (non-hydrogen) atoms. The molecule has 1 amide bonds. The Morgan fingerprint density at radius 1 is 1.10 bits per heavy atom. The van der Waals surface area contributed by atoms with Crippen LogP contribution >= 0.6 is 0 Å². The number of hydrogen-bond acceptors (Lipinski definition) is 4. The molecular weight excluding hydrogens is 252 g/mol. The van der Waals surface area contributed by atoms with Crippen molar-refractivity contribution in [2.75, 3.05) is 39.3 Å². The highest BCUT2D eigenvalue weighted by molar-refractivity contribution is 5.81. The fourth-order valence-corrected chi connectivity index (χ4v) is 3.43. The monoisotopic (exact) mass is 282 g/mol. The lowest BCUT2D eigenvalue weighted by molar-refractivity contribution is -0.133. The molecule has 0 bridgehead atoms. The maximum Gasteiger partial charge on any atom is 0.239 e. The second-order valence-electron chi connectivity index (χ2n) is 6.47. The fraction of sp³-hybridized carbons (Fsp3) is 0.933. The summed E-state index contributed by atoms with van der Waals surface area (Å²) in [6.07, 6.45) is 2.66. The summed E-state index contributed by atoms with van der Waals surface area (Å²) in [5.41, 5.74) is 5.66. The summed E-state index contributed by atoms with van der Waals surface area (Å²) in [4.78, 5) is 18.8. The van der Waals surface area contributed by atoms with Crippen molar-refractivity contribution in [2.24, 2.45) is 5.73 Å². The van der Waals surface area contributed by atoms with E-state index in [2.05, 4.69) is 23.6 Å². The maximum atomic E-state index is 11.8. The van der Waals surface area contributed by atoms with Crippen LogP contribution in [0.3, 0.4) is 0 Å². The van der Waals surface area contributed by atoms with Gasteiger partial charge in [0.1, 0.15) is 0 Å². The van der Waals surface area contributed by atoms with E-state index in [-0.39, 0.29) is 11.9 Å². The van der Waals surface area contributed by atoms with E-state index in [9.17, 15) is 4.79 Å². The molecule has 2 aliphatic rings. The van der Waals surface area contributed by atoms with Crippen LogP contribution in [0.2, 0.25) is 0 Å². The second-order valence-corrected chi connectivity index (χ2v) is 6.47. The van der Waals surface area contributed by atoms with Crippen LogP contribution in [0.15, 0.2) is 0 Å². The van der Waals surface area contributed by atoms with Crippen LogP contribution in [-0.4, -0.2) is 78.0 Å². The molecular formula is C15H30N4O. The molecule has 0 aromatic carbocycles. The molecule has 3 atom stereocenters. The van der Waals surface area contributed by atoms with Gasteiger partial charge < -0.3 is 10.6 Å². The van der Waals surface area contributed by atoms with Gasteiger partial charge in [0.25, 0.3) is 0 Å². The Hall–Kier alpha value is -0.650. The average Bonchev–Trinajstić information content (AvgIpc) is 2.75. The second kappa shape index (κ2) is 6.87. The Labute approximate surface area is 123 Å². The van der Waals surface area contributed by atoms with Crippen molar-refractivity contribution >= 4 is 5.91 Å². The number of nitrogens with two attached hydrogens (primary N) is 1. The summed E-state index contributed by atoms with van der Waals surface area (Å²) in [6.45, 7) is 12.3. The molecule has 2 N–H and O–H groups in total. The van der Waals surface area contributed by atoms with Crippen LogP contribution < -0.4 is 5.73 Å². The number of piperazine rings is 1. The predicted octanol–water partition coefficient (Wildman–Crippen LogP) is 0.351. The number of likely N-dealkylation sites (tertiary alicyclic amines) is 1. The van der Waals surface area contributed by atoms with Gasteiger partial charge in [0.15, 0.2) is 0 Å². The van der Waals surface area contributed by atoms with Gasteiger partial charge in [-0.05, 0) is 33.6 Å². The lowest BCUT2D eigenvalue weighted by Gasteiger charge is -2.37. The Balaban J connectivity index is 1.71. The minimum absolute atomic E-state index is 0.0893. The van der Waals surface area contributed by atoms with Gasteiger partial charge in [-0.2, -0.15) is 0 Å². The summed E-state index contributed by atoms with van der Waals surface area (Å²) < 4.78 is 0. The highest BCUT2D eigenvalue weighted by Crippen LogP contribution is 2.22. The highest BCUT2D eigenvalue weighted by atomic mass is 16.2. The normalized spacial score (nSPS) is 30.7. The molecule has 116 valence electrons. The molecule has 3 unspecified atom stereocenters. The Bertz CT molecular complexity index is 316. The average molecular weight is 282 g/mol. The van der Waals surface area contributed by atoms with Gasteiger partial charge in [0, 0.05) is 51.4 Å². The summed E-state index contributed by atoms with van der Waals surface area (Å²) in [7, 11) is 0. The van der Waals surface area contributed by atoms with E-state index in [1.54, 1.807) is 6.92 Å². The molecule has 2 fully saturated rings. The molecule has 2 heterocycles. The summed E-state index contributed by atoms with van der Waals surface area (Å²) >= 11 is 0. The smallest absolute Gasteiger partial charge is 0.239 e. The highest BCUT2D eigenvalue weighted by Gasteiger charge is 2.28. The van der Waals surface area contributed by atoms with Crippen LogP contribution in [0.1, 0.15) is 33.6 Å². The van der Waals surface area contributed by atoms with Crippen molar-refractivity contribution in [2.45, 2.75) is 51.7 Å². The fourth-order valence-electron chi connectivity index (χ4n) is 3.43. The molecule has 2 aliphatic heterocycles. The van der Waals surface area contributed by atoms with E-state index in [1.807, 2.05) is 4.90 Å². The van der Waals surface area contributed by atoms with E-state index >= 15 is 0 Å². The Morgan fingerprint density at radius 2 is 1.65 bits per heavy atom. The molecule has 2 saturated heterocycles. The third kappa shape index (κ3) is 3.71.